The fourth-order valence-corrected chi connectivity index (χ4v) is 4.76. The first-order valence-electron chi connectivity index (χ1n) is 10.8. The number of rotatable bonds is 10. The lowest BCUT2D eigenvalue weighted by molar-refractivity contribution is -0.190. The van der Waals surface area contributed by atoms with Crippen molar-refractivity contribution in [2.45, 2.75) is 31.6 Å². The van der Waals surface area contributed by atoms with Gasteiger partial charge in [0.05, 0.1) is 33.4 Å². The van der Waals surface area contributed by atoms with E-state index < -0.39 is 0 Å². The summed E-state index contributed by atoms with van der Waals surface area (Å²) in [6.07, 6.45) is 3.17. The van der Waals surface area contributed by atoms with Crippen LogP contribution in [0.4, 0.5) is 0 Å². The summed E-state index contributed by atoms with van der Waals surface area (Å²) in [7, 11) is 1.68. The smallest absolute Gasteiger partial charge is 0.231 e. The number of nitrogens with zero attached hydrogens (tertiary/aromatic N) is 2. The van der Waals surface area contributed by atoms with Crippen LogP contribution in [0.2, 0.25) is 0 Å². The number of nitrogens with two attached hydrogens (primary N) is 1. The van der Waals surface area contributed by atoms with E-state index >= 15 is 0 Å². The Morgan fingerprint density at radius 1 is 1.28 bits per heavy atom. The molecule has 0 spiro atoms. The lowest BCUT2D eigenvalue weighted by Gasteiger charge is -2.31. The molecule has 32 heavy (non-hydrogen) atoms. The fraction of sp³-hybridized carbons (Fsp3) is 0.417. The molecule has 2 N–H and O–H groups in total. The number of hydrogen-bond acceptors (Lipinski definition) is 7. The van der Waals surface area contributed by atoms with Crippen molar-refractivity contribution in [1.82, 2.24) is 9.88 Å². The third-order valence-electron chi connectivity index (χ3n) is 5.66. The minimum Gasteiger partial charge on any atom is -0.497 e. The molecule has 2 aromatic carbocycles. The molecule has 7 nitrogen and oxygen atoms in total. The van der Waals surface area contributed by atoms with Gasteiger partial charge in [-0.3, -0.25) is 9.69 Å². The maximum atomic E-state index is 11.4. The molecule has 0 aliphatic carbocycles. The Kier molecular flexibility index (Phi) is 7.70. The quantitative estimate of drug-likeness (QED) is 0.503. The monoisotopic (exact) mass is 455 g/mol. The second-order valence-corrected chi connectivity index (χ2v) is 8.95. The van der Waals surface area contributed by atoms with Crippen LogP contribution in [-0.2, 0) is 20.8 Å². The SMILES string of the molecule is COc1ccc2c(C3COC(CCCN(CC(N)=O)Cc4nccs4)OC3)cccc2c1. The van der Waals surface area contributed by atoms with Crippen molar-refractivity contribution < 1.29 is 19.0 Å². The van der Waals surface area contributed by atoms with Crippen LogP contribution in [0.15, 0.2) is 48.0 Å². The van der Waals surface area contributed by atoms with E-state index in [1.165, 1.54) is 10.9 Å². The molecule has 2 heterocycles. The molecule has 0 radical (unpaired) electrons. The van der Waals surface area contributed by atoms with Gasteiger partial charge < -0.3 is 19.9 Å². The predicted octanol–water partition coefficient (Wildman–Crippen LogP) is 3.53. The molecule has 1 fully saturated rings. The van der Waals surface area contributed by atoms with Gasteiger partial charge in [-0.1, -0.05) is 24.3 Å². The highest BCUT2D eigenvalue weighted by Crippen LogP contribution is 2.31. The van der Waals surface area contributed by atoms with Gasteiger partial charge in [0.15, 0.2) is 6.29 Å². The number of methoxy groups -OCH3 is 1. The number of benzene rings is 2. The van der Waals surface area contributed by atoms with Gasteiger partial charge in [0.1, 0.15) is 10.8 Å². The number of fused-ring (bicyclic) bond motifs is 1. The molecular formula is C24H29N3O4S. The average Bonchev–Trinajstić information content (AvgIpc) is 3.31. The van der Waals surface area contributed by atoms with Crippen LogP contribution in [-0.4, -0.2) is 55.5 Å². The van der Waals surface area contributed by atoms with Gasteiger partial charge in [-0.15, -0.1) is 11.3 Å². The number of amides is 1. The van der Waals surface area contributed by atoms with E-state index in [0.29, 0.717) is 19.8 Å². The van der Waals surface area contributed by atoms with Crippen LogP contribution < -0.4 is 10.5 Å². The van der Waals surface area contributed by atoms with Crippen LogP contribution >= 0.6 is 11.3 Å². The van der Waals surface area contributed by atoms with E-state index in [4.69, 9.17) is 19.9 Å². The molecule has 4 rings (SSSR count). The first kappa shape index (κ1) is 22.7. The number of carbonyl (C=O) groups is 1. The summed E-state index contributed by atoms with van der Waals surface area (Å²) in [6, 6.07) is 12.5. The molecule has 0 unspecified atom stereocenters. The minimum atomic E-state index is -0.331. The molecule has 8 heteroatoms. The zero-order valence-electron chi connectivity index (χ0n) is 18.2. The molecule has 3 aromatic rings. The Hall–Kier alpha value is -2.52. The summed E-state index contributed by atoms with van der Waals surface area (Å²) in [4.78, 5) is 17.7. The summed E-state index contributed by atoms with van der Waals surface area (Å²) in [5.74, 6) is 0.716. The molecule has 1 amide bonds. The first-order chi connectivity index (χ1) is 15.6. The van der Waals surface area contributed by atoms with E-state index in [9.17, 15) is 4.79 Å². The normalized spacial score (nSPS) is 18.8. The maximum Gasteiger partial charge on any atom is 0.231 e. The highest BCUT2D eigenvalue weighted by Gasteiger charge is 2.25. The molecule has 1 aromatic heterocycles. The van der Waals surface area contributed by atoms with Crippen molar-refractivity contribution in [1.29, 1.82) is 0 Å². The third-order valence-corrected chi connectivity index (χ3v) is 6.43. The Balaban J connectivity index is 1.28. The zero-order valence-corrected chi connectivity index (χ0v) is 19.1. The Labute approximate surface area is 192 Å². The van der Waals surface area contributed by atoms with Crippen molar-refractivity contribution in [3.63, 3.8) is 0 Å². The molecular weight excluding hydrogens is 426 g/mol. The number of ether oxygens (including phenoxy) is 3. The summed E-state index contributed by atoms with van der Waals surface area (Å²) in [5.41, 5.74) is 6.64. The zero-order chi connectivity index (χ0) is 22.3. The molecule has 170 valence electrons. The van der Waals surface area contributed by atoms with Crippen LogP contribution in [0.25, 0.3) is 10.8 Å². The highest BCUT2D eigenvalue weighted by molar-refractivity contribution is 7.09. The summed E-state index contributed by atoms with van der Waals surface area (Å²) in [6.45, 7) is 2.83. The first-order valence-corrected chi connectivity index (χ1v) is 11.7. The van der Waals surface area contributed by atoms with Crippen molar-refractivity contribution in [3.05, 3.63) is 58.5 Å². The number of thiazole rings is 1. The summed E-state index contributed by atoms with van der Waals surface area (Å²) >= 11 is 1.58. The topological polar surface area (TPSA) is 86.9 Å². The summed E-state index contributed by atoms with van der Waals surface area (Å²) < 4.78 is 17.4. The maximum absolute atomic E-state index is 11.4. The second kappa shape index (κ2) is 10.9. The number of carbonyl (C=O) groups excluding carboxylic acids is 1. The number of aromatic nitrogens is 1. The van der Waals surface area contributed by atoms with Crippen molar-refractivity contribution >= 4 is 28.0 Å². The Morgan fingerprint density at radius 3 is 2.84 bits per heavy atom. The van der Waals surface area contributed by atoms with Crippen LogP contribution in [0.5, 0.6) is 5.75 Å². The minimum absolute atomic E-state index is 0.194. The van der Waals surface area contributed by atoms with Gasteiger partial charge in [-0.2, -0.15) is 0 Å². The van der Waals surface area contributed by atoms with Gasteiger partial charge in [-0.25, -0.2) is 4.98 Å². The van der Waals surface area contributed by atoms with Crippen LogP contribution in [0.3, 0.4) is 0 Å². The van der Waals surface area contributed by atoms with Gasteiger partial charge in [-0.05, 0) is 47.9 Å². The molecule has 0 bridgehead atoms. The number of hydrogen-bond donors (Lipinski definition) is 1. The largest absolute Gasteiger partial charge is 0.497 e. The lowest BCUT2D eigenvalue weighted by atomic mass is 9.94. The van der Waals surface area contributed by atoms with Gasteiger partial charge >= 0.3 is 0 Å². The third kappa shape index (κ3) is 5.83. The molecule has 0 atom stereocenters. The van der Waals surface area contributed by atoms with Crippen LogP contribution in [0.1, 0.15) is 29.3 Å². The van der Waals surface area contributed by atoms with Gasteiger partial charge in [0, 0.05) is 17.5 Å². The summed E-state index contributed by atoms with van der Waals surface area (Å²) in [5, 5.41) is 5.27. The Morgan fingerprint density at radius 2 is 2.12 bits per heavy atom. The van der Waals surface area contributed by atoms with Crippen LogP contribution in [0, 0.1) is 0 Å². The molecule has 1 aliphatic heterocycles. The average molecular weight is 456 g/mol. The van der Waals surface area contributed by atoms with E-state index in [0.717, 1.165) is 35.5 Å². The predicted molar refractivity (Wildman–Crippen MR) is 125 cm³/mol. The highest BCUT2D eigenvalue weighted by atomic mass is 32.1. The van der Waals surface area contributed by atoms with Crippen molar-refractivity contribution in [3.8, 4) is 5.75 Å². The van der Waals surface area contributed by atoms with Crippen molar-refractivity contribution in [2.75, 3.05) is 33.4 Å². The van der Waals surface area contributed by atoms with E-state index in [1.54, 1.807) is 24.6 Å². The Bertz CT molecular complexity index is 1020. The van der Waals surface area contributed by atoms with E-state index in [2.05, 4.69) is 35.3 Å². The lowest BCUT2D eigenvalue weighted by Crippen LogP contribution is -2.35. The van der Waals surface area contributed by atoms with Gasteiger partial charge in [0.2, 0.25) is 5.91 Å². The molecule has 0 saturated carbocycles. The second-order valence-electron chi connectivity index (χ2n) is 7.97. The molecule has 1 saturated heterocycles. The number of primary amides is 1. The van der Waals surface area contributed by atoms with Crippen molar-refractivity contribution in [2.24, 2.45) is 5.73 Å². The fourth-order valence-electron chi connectivity index (χ4n) is 4.10. The molecule has 1 aliphatic rings. The van der Waals surface area contributed by atoms with Gasteiger partial charge in [0.25, 0.3) is 0 Å². The van der Waals surface area contributed by atoms with E-state index in [-0.39, 0.29) is 24.7 Å². The standard InChI is InChI=1S/C24H29N3O4S/c1-29-19-7-8-21-17(12-19)4-2-5-20(21)18-15-30-24(31-16-18)6-3-10-27(13-22(25)28)14-23-26-9-11-32-23/h2,4-5,7-9,11-12,18,24H,3,6,10,13-16H2,1H3,(H2,25,28). The van der Waals surface area contributed by atoms with E-state index in [1.807, 2.05) is 16.3 Å².